The van der Waals surface area contributed by atoms with Gasteiger partial charge in [-0.15, -0.1) is 0 Å². The van der Waals surface area contributed by atoms with Crippen molar-refractivity contribution in [1.29, 1.82) is 0 Å². The maximum absolute atomic E-state index is 13.0. The molecule has 0 radical (unpaired) electrons. The van der Waals surface area contributed by atoms with E-state index in [0.29, 0.717) is 5.69 Å². The average Bonchev–Trinajstić information content (AvgIpc) is 3.01. The Morgan fingerprint density at radius 2 is 1.70 bits per heavy atom. The summed E-state index contributed by atoms with van der Waals surface area (Å²) in [6, 6.07) is 12.8. The largest absolute Gasteiger partial charge is 0.466 e. The van der Waals surface area contributed by atoms with E-state index in [2.05, 4.69) is 10.0 Å². The molecule has 0 aliphatic carbocycles. The van der Waals surface area contributed by atoms with Crippen molar-refractivity contribution in [2.24, 2.45) is 0 Å². The van der Waals surface area contributed by atoms with Crippen molar-refractivity contribution < 1.29 is 22.0 Å². The van der Waals surface area contributed by atoms with E-state index in [1.807, 2.05) is 26.8 Å². The van der Waals surface area contributed by atoms with Crippen molar-refractivity contribution in [2.75, 3.05) is 4.72 Å². The summed E-state index contributed by atoms with van der Waals surface area (Å²) >= 11 is 0. The third kappa shape index (κ3) is 5.27. The fraction of sp³-hybridized carbons (Fsp3) is 0.227. The third-order valence-corrected chi connectivity index (χ3v) is 6.02. The highest BCUT2D eigenvalue weighted by atomic mass is 32.2. The van der Waals surface area contributed by atoms with E-state index in [1.54, 1.807) is 24.3 Å². The van der Waals surface area contributed by atoms with Gasteiger partial charge in [-0.25, -0.2) is 12.8 Å². The number of carbonyl (C=O) groups is 1. The molecular weight excluding hydrogens is 407 g/mol. The molecule has 0 aliphatic rings. The number of hydrogen-bond donors (Lipinski definition) is 2. The summed E-state index contributed by atoms with van der Waals surface area (Å²) in [5, 5.41) is 2.94. The van der Waals surface area contributed by atoms with Crippen LogP contribution in [-0.4, -0.2) is 14.3 Å². The minimum absolute atomic E-state index is 0.0360. The van der Waals surface area contributed by atoms with E-state index in [1.165, 1.54) is 12.1 Å². The molecule has 1 heterocycles. The number of halogens is 1. The molecule has 2 N–H and O–H groups in total. The van der Waals surface area contributed by atoms with Gasteiger partial charge in [-0.05, 0) is 68.8 Å². The predicted octanol–water partition coefficient (Wildman–Crippen LogP) is 4.26. The van der Waals surface area contributed by atoms with Crippen LogP contribution in [0, 0.1) is 19.7 Å². The Balaban J connectivity index is 1.60. The second-order valence-corrected chi connectivity index (χ2v) is 8.77. The fourth-order valence-electron chi connectivity index (χ4n) is 3.15. The number of anilines is 1. The molecule has 0 spiro atoms. The van der Waals surface area contributed by atoms with Crippen LogP contribution in [0.3, 0.4) is 0 Å². The summed E-state index contributed by atoms with van der Waals surface area (Å²) in [5.41, 5.74) is 2.03. The van der Waals surface area contributed by atoms with Gasteiger partial charge in [0, 0.05) is 11.3 Å². The van der Waals surface area contributed by atoms with E-state index < -0.39 is 15.8 Å². The summed E-state index contributed by atoms with van der Waals surface area (Å²) in [5.74, 6) is 0.907. The van der Waals surface area contributed by atoms with Gasteiger partial charge in [0.05, 0.1) is 17.4 Å². The number of sulfonamides is 1. The van der Waals surface area contributed by atoms with Crippen LogP contribution in [0.5, 0.6) is 0 Å². The van der Waals surface area contributed by atoms with Gasteiger partial charge in [-0.2, -0.15) is 0 Å². The molecule has 1 atom stereocenters. The van der Waals surface area contributed by atoms with Crippen molar-refractivity contribution in [1.82, 2.24) is 5.32 Å². The number of amides is 1. The van der Waals surface area contributed by atoms with Crippen LogP contribution in [0.15, 0.2) is 63.9 Å². The van der Waals surface area contributed by atoms with Crippen LogP contribution in [-0.2, 0) is 21.2 Å². The van der Waals surface area contributed by atoms with Crippen molar-refractivity contribution in [2.45, 2.75) is 38.1 Å². The maximum Gasteiger partial charge on any atom is 0.261 e. The molecule has 0 fully saturated rings. The number of carbonyl (C=O) groups excluding carboxylic acids is 1. The quantitative estimate of drug-likeness (QED) is 0.586. The molecule has 158 valence electrons. The van der Waals surface area contributed by atoms with Crippen LogP contribution in [0.25, 0.3) is 0 Å². The molecule has 30 heavy (non-hydrogen) atoms. The van der Waals surface area contributed by atoms with Crippen molar-refractivity contribution in [3.05, 3.63) is 83.1 Å². The van der Waals surface area contributed by atoms with Crippen LogP contribution in [0.2, 0.25) is 0 Å². The number of rotatable bonds is 7. The lowest BCUT2D eigenvalue weighted by Crippen LogP contribution is -2.28. The van der Waals surface area contributed by atoms with Crippen LogP contribution in [0.4, 0.5) is 10.1 Å². The summed E-state index contributed by atoms with van der Waals surface area (Å²) in [7, 11) is -3.82. The molecule has 8 heteroatoms. The molecule has 0 saturated carbocycles. The number of benzene rings is 2. The van der Waals surface area contributed by atoms with Crippen LogP contribution >= 0.6 is 0 Å². The zero-order valence-corrected chi connectivity index (χ0v) is 17.7. The topological polar surface area (TPSA) is 88.4 Å². The first-order chi connectivity index (χ1) is 14.1. The minimum Gasteiger partial charge on any atom is -0.466 e. The van der Waals surface area contributed by atoms with Crippen LogP contribution in [0.1, 0.15) is 35.6 Å². The van der Waals surface area contributed by atoms with E-state index in [9.17, 15) is 17.6 Å². The van der Waals surface area contributed by atoms with Gasteiger partial charge >= 0.3 is 0 Å². The summed E-state index contributed by atoms with van der Waals surface area (Å²) in [4.78, 5) is 12.3. The number of furan rings is 1. The first kappa shape index (κ1) is 21.6. The molecule has 3 rings (SSSR count). The lowest BCUT2D eigenvalue weighted by atomic mass is 10.1. The molecule has 1 unspecified atom stereocenters. The highest BCUT2D eigenvalue weighted by molar-refractivity contribution is 7.92. The van der Waals surface area contributed by atoms with Gasteiger partial charge in [0.2, 0.25) is 5.91 Å². The van der Waals surface area contributed by atoms with Gasteiger partial charge in [0.25, 0.3) is 10.0 Å². The Bertz CT molecular complexity index is 1140. The van der Waals surface area contributed by atoms with E-state index >= 15 is 0 Å². The average molecular weight is 431 g/mol. The second kappa shape index (κ2) is 8.71. The predicted molar refractivity (Wildman–Crippen MR) is 112 cm³/mol. The van der Waals surface area contributed by atoms with E-state index in [4.69, 9.17) is 4.42 Å². The Morgan fingerprint density at radius 3 is 2.27 bits per heavy atom. The normalized spacial score (nSPS) is 12.4. The molecule has 0 bridgehead atoms. The lowest BCUT2D eigenvalue weighted by molar-refractivity contribution is -0.121. The van der Waals surface area contributed by atoms with Gasteiger partial charge in [-0.1, -0.05) is 12.1 Å². The summed E-state index contributed by atoms with van der Waals surface area (Å²) in [6.45, 7) is 5.61. The first-order valence-corrected chi connectivity index (χ1v) is 10.9. The summed E-state index contributed by atoms with van der Waals surface area (Å²) in [6.07, 6.45) is 0.158. The fourth-order valence-corrected chi connectivity index (χ4v) is 4.21. The van der Waals surface area contributed by atoms with Gasteiger partial charge < -0.3 is 9.73 Å². The van der Waals surface area contributed by atoms with Crippen molar-refractivity contribution in [3.8, 4) is 0 Å². The zero-order chi connectivity index (χ0) is 21.9. The Kier molecular flexibility index (Phi) is 6.26. The molecule has 6 nitrogen and oxygen atoms in total. The molecular formula is C22H23FN2O4S. The Morgan fingerprint density at radius 1 is 1.07 bits per heavy atom. The molecule has 1 aromatic heterocycles. The van der Waals surface area contributed by atoms with Gasteiger partial charge in [0.1, 0.15) is 17.3 Å². The molecule has 2 aromatic carbocycles. The lowest BCUT2D eigenvalue weighted by Gasteiger charge is -2.13. The maximum atomic E-state index is 13.0. The van der Waals surface area contributed by atoms with Gasteiger partial charge in [-0.3, -0.25) is 9.52 Å². The van der Waals surface area contributed by atoms with Crippen LogP contribution < -0.4 is 10.0 Å². The monoisotopic (exact) mass is 430 g/mol. The molecule has 0 aliphatic heterocycles. The SMILES string of the molecule is Cc1cc(C(C)NC(=O)Cc2ccc(NS(=O)(=O)c3ccc(F)cc3)cc2)c(C)o1. The number of hydrogen-bond acceptors (Lipinski definition) is 4. The number of nitrogens with one attached hydrogen (secondary N) is 2. The molecule has 1 amide bonds. The smallest absolute Gasteiger partial charge is 0.261 e. The Labute approximate surface area is 175 Å². The zero-order valence-electron chi connectivity index (χ0n) is 16.9. The van der Waals surface area contributed by atoms with Crippen molar-refractivity contribution >= 4 is 21.6 Å². The third-order valence-electron chi connectivity index (χ3n) is 4.62. The first-order valence-electron chi connectivity index (χ1n) is 9.37. The number of aryl methyl sites for hydroxylation is 2. The Hall–Kier alpha value is -3.13. The molecule has 0 saturated heterocycles. The highest BCUT2D eigenvalue weighted by Crippen LogP contribution is 2.21. The standard InChI is InChI=1S/C22H23FN2O4S/c1-14-12-21(16(3)29-14)15(2)24-22(26)13-17-4-8-19(9-5-17)25-30(27,28)20-10-6-18(23)7-11-20/h4-12,15,25H,13H2,1-3H3,(H,24,26). The highest BCUT2D eigenvalue weighted by Gasteiger charge is 2.16. The van der Waals surface area contributed by atoms with E-state index in [0.717, 1.165) is 34.8 Å². The summed E-state index contributed by atoms with van der Waals surface area (Å²) < 4.78 is 45.6. The minimum atomic E-state index is -3.82. The van der Waals surface area contributed by atoms with Crippen molar-refractivity contribution in [3.63, 3.8) is 0 Å². The second-order valence-electron chi connectivity index (χ2n) is 7.09. The molecule has 3 aromatic rings. The van der Waals surface area contributed by atoms with Gasteiger partial charge in [0.15, 0.2) is 0 Å². The van der Waals surface area contributed by atoms with E-state index in [-0.39, 0.29) is 23.3 Å².